The van der Waals surface area contributed by atoms with E-state index in [1.807, 2.05) is 0 Å². The van der Waals surface area contributed by atoms with Crippen LogP contribution in [0.5, 0.6) is 0 Å². The van der Waals surface area contributed by atoms with Crippen molar-refractivity contribution in [2.24, 2.45) is 5.16 Å². The van der Waals surface area contributed by atoms with Gasteiger partial charge in [-0.15, -0.1) is 28.2 Å². The minimum atomic E-state index is -1.27. The normalized spacial score (nSPS) is 20.2. The molecule has 4 heterocycles. The van der Waals surface area contributed by atoms with Crippen molar-refractivity contribution in [3.63, 3.8) is 0 Å². The topological polar surface area (TPSA) is 222 Å². The number of oxime groups is 1. The van der Waals surface area contributed by atoms with Gasteiger partial charge in [-0.3, -0.25) is 14.5 Å². The second-order valence-electron chi connectivity index (χ2n) is 6.83. The molecule has 1 fully saturated rings. The third-order valence-electron chi connectivity index (χ3n) is 4.80. The van der Waals surface area contributed by atoms with E-state index in [-0.39, 0.29) is 35.4 Å². The molecule has 2 aliphatic rings. The first-order chi connectivity index (χ1) is 16.3. The number of carboxylic acid groups (broad SMARTS) is 1. The molecule has 2 atom stereocenters. The molecule has 0 bridgehead atoms. The molecule has 2 aromatic heterocycles. The number of aliphatic hydroxyl groups is 1. The Balaban J connectivity index is 1.47. The zero-order valence-electron chi connectivity index (χ0n) is 17.1. The van der Waals surface area contributed by atoms with Crippen LogP contribution in [0.2, 0.25) is 0 Å². The number of hydrogen-bond donors (Lipinski definition) is 5. The lowest BCUT2D eigenvalue weighted by Gasteiger charge is -2.49. The molecular weight excluding hydrogens is 510 g/mol. The Labute approximate surface area is 203 Å². The molecule has 6 N–H and O–H groups in total. The van der Waals surface area contributed by atoms with Gasteiger partial charge in [0.05, 0.1) is 13.2 Å². The Morgan fingerprint density at radius 1 is 1.41 bits per heavy atom. The molecule has 15 nitrogen and oxygen atoms in total. The smallest absolute Gasteiger partial charge is 0.352 e. The summed E-state index contributed by atoms with van der Waals surface area (Å²) in [5.41, 5.74) is 5.52. The predicted octanol–water partition coefficient (Wildman–Crippen LogP) is -1.59. The van der Waals surface area contributed by atoms with E-state index in [9.17, 15) is 24.7 Å². The van der Waals surface area contributed by atoms with Crippen molar-refractivity contribution in [3.05, 3.63) is 22.3 Å². The number of aliphatic hydroxyl groups excluding tert-OH is 1. The summed E-state index contributed by atoms with van der Waals surface area (Å²) in [5, 5.41) is 46.0. The van der Waals surface area contributed by atoms with Gasteiger partial charge in [-0.1, -0.05) is 16.9 Å². The fourth-order valence-electron chi connectivity index (χ4n) is 3.30. The minimum Gasteiger partial charge on any atom is -0.477 e. The summed E-state index contributed by atoms with van der Waals surface area (Å²) >= 11 is 3.52. The van der Waals surface area contributed by atoms with Gasteiger partial charge in [-0.05, 0) is 16.0 Å². The summed E-state index contributed by atoms with van der Waals surface area (Å²) in [6.45, 7) is 0.0305. The number of aliphatic carboxylic acids is 1. The second-order valence-corrected chi connectivity index (χ2v) is 9.77. The van der Waals surface area contributed by atoms with Crippen molar-refractivity contribution in [2.75, 3.05) is 23.8 Å². The highest BCUT2D eigenvalue weighted by Crippen LogP contribution is 2.41. The largest absolute Gasteiger partial charge is 0.477 e. The molecule has 2 aliphatic heterocycles. The summed E-state index contributed by atoms with van der Waals surface area (Å²) in [6.07, 6.45) is 0. The molecule has 1 saturated heterocycles. The van der Waals surface area contributed by atoms with Crippen molar-refractivity contribution in [1.29, 1.82) is 0 Å². The highest BCUT2D eigenvalue weighted by atomic mass is 32.2. The molecule has 0 radical (unpaired) electrons. The molecule has 0 aromatic carbocycles. The number of tetrazole rings is 1. The number of anilines is 1. The zero-order valence-corrected chi connectivity index (χ0v) is 19.5. The fraction of sp³-hybridized carbons (Fsp3) is 0.375. The number of aromatic nitrogens is 5. The predicted molar refractivity (Wildman–Crippen MR) is 120 cm³/mol. The summed E-state index contributed by atoms with van der Waals surface area (Å²) in [5.74, 6) is -2.22. The monoisotopic (exact) mass is 527 g/mol. The van der Waals surface area contributed by atoms with E-state index in [0.29, 0.717) is 16.5 Å². The Bertz CT molecular complexity index is 1190. The van der Waals surface area contributed by atoms with Crippen molar-refractivity contribution in [2.45, 2.75) is 23.1 Å². The van der Waals surface area contributed by atoms with Gasteiger partial charge in [0.1, 0.15) is 22.8 Å². The van der Waals surface area contributed by atoms with Gasteiger partial charge >= 0.3 is 5.97 Å². The molecule has 2 amide bonds. The summed E-state index contributed by atoms with van der Waals surface area (Å²) in [4.78, 5) is 42.4. The summed E-state index contributed by atoms with van der Waals surface area (Å²) in [7, 11) is 0. The first kappa shape index (κ1) is 23.9. The molecule has 2 aromatic rings. The first-order valence-corrected chi connectivity index (χ1v) is 12.4. The number of carbonyl (C=O) groups excluding carboxylic acids is 2. The molecule has 180 valence electrons. The van der Waals surface area contributed by atoms with Crippen LogP contribution in [0.3, 0.4) is 0 Å². The number of rotatable bonds is 9. The molecule has 0 spiro atoms. The molecule has 18 heteroatoms. The molecule has 4 rings (SSSR count). The number of nitrogens with one attached hydrogen (secondary N) is 1. The molecule has 0 saturated carbocycles. The number of nitrogens with zero attached hydrogens (tertiary/aromatic N) is 7. The molecular formula is C16H17N9O6S3. The van der Waals surface area contributed by atoms with E-state index in [0.717, 1.165) is 16.2 Å². The quantitative estimate of drug-likeness (QED) is 0.0817. The molecule has 1 unspecified atom stereocenters. The van der Waals surface area contributed by atoms with E-state index in [4.69, 9.17) is 10.8 Å². The van der Waals surface area contributed by atoms with E-state index in [1.54, 1.807) is 0 Å². The minimum absolute atomic E-state index is 0.0522. The van der Waals surface area contributed by atoms with E-state index in [2.05, 4.69) is 31.0 Å². The number of thiazole rings is 1. The number of β-lactam (4-membered cyclic amide) rings is 1. The van der Waals surface area contributed by atoms with Crippen LogP contribution in [0.25, 0.3) is 0 Å². The average Bonchev–Trinajstić information content (AvgIpc) is 3.44. The first-order valence-electron chi connectivity index (χ1n) is 9.49. The maximum atomic E-state index is 12.8. The highest BCUT2D eigenvalue weighted by Gasteiger charge is 2.54. The number of fused-ring (bicyclic) bond motifs is 1. The Morgan fingerprint density at radius 3 is 2.85 bits per heavy atom. The number of amides is 2. The van der Waals surface area contributed by atoms with Gasteiger partial charge in [-0.25, -0.2) is 14.5 Å². The fourth-order valence-corrected chi connectivity index (χ4v) is 6.24. The van der Waals surface area contributed by atoms with Crippen LogP contribution in [0.15, 0.2) is 27.0 Å². The number of thioether (sulfide) groups is 2. The lowest BCUT2D eigenvalue weighted by atomic mass is 10.0. The number of carboxylic acids is 1. The molecule has 0 aliphatic carbocycles. The number of carbonyl (C=O) groups is 3. The summed E-state index contributed by atoms with van der Waals surface area (Å²) < 4.78 is 1.39. The zero-order chi connectivity index (χ0) is 24.4. The lowest BCUT2D eigenvalue weighted by molar-refractivity contribution is -0.150. The van der Waals surface area contributed by atoms with Gasteiger partial charge in [-0.2, -0.15) is 0 Å². The lowest BCUT2D eigenvalue weighted by Crippen LogP contribution is -2.71. The Morgan fingerprint density at radius 2 is 2.21 bits per heavy atom. The highest BCUT2D eigenvalue weighted by molar-refractivity contribution is 8.01. The van der Waals surface area contributed by atoms with Crippen LogP contribution in [-0.2, 0) is 20.9 Å². The maximum absolute atomic E-state index is 12.8. The van der Waals surface area contributed by atoms with Crippen molar-refractivity contribution >= 4 is 63.5 Å². The van der Waals surface area contributed by atoms with Crippen LogP contribution in [0, 0.1) is 0 Å². The van der Waals surface area contributed by atoms with Gasteiger partial charge in [0.2, 0.25) is 5.16 Å². The third kappa shape index (κ3) is 4.43. The SMILES string of the molecule is Nc1nc(C(=NO)C(=O)NC2C(=O)N3C(C(=O)O)=C(CSc4nnnn4CCO)CS[C@H]23)cs1. The standard InChI is InChI=1S/C16H17N9O6S3/c17-15-18-7(5-33-15)8(21-31)11(27)19-9-12(28)25-10(14(29)30)6(3-32-13(9)25)4-34-16-20-22-23-24(16)1-2-26/h5,9,13,26,31H,1-4H2,(H2,17,18)(H,19,27)(H,29,30)/t9?,13-/m1/s1. The number of nitrogens with two attached hydrogens (primary N) is 1. The van der Waals surface area contributed by atoms with Gasteiger partial charge in [0.25, 0.3) is 11.8 Å². The van der Waals surface area contributed by atoms with Crippen molar-refractivity contribution < 1.29 is 29.8 Å². The number of nitrogen functional groups attached to an aromatic ring is 1. The maximum Gasteiger partial charge on any atom is 0.352 e. The van der Waals surface area contributed by atoms with E-state index in [1.165, 1.54) is 33.6 Å². The van der Waals surface area contributed by atoms with Gasteiger partial charge < -0.3 is 26.5 Å². The summed E-state index contributed by atoms with van der Waals surface area (Å²) in [6, 6.07) is -1.01. The van der Waals surface area contributed by atoms with Crippen LogP contribution in [0.1, 0.15) is 5.69 Å². The Kier molecular flexibility index (Phi) is 7.00. The van der Waals surface area contributed by atoms with Crippen LogP contribution < -0.4 is 11.1 Å². The van der Waals surface area contributed by atoms with Crippen molar-refractivity contribution in [3.8, 4) is 0 Å². The third-order valence-corrected chi connectivity index (χ3v) is 7.86. The van der Waals surface area contributed by atoms with E-state index < -0.39 is 34.9 Å². The van der Waals surface area contributed by atoms with Crippen LogP contribution >= 0.6 is 34.9 Å². The average molecular weight is 528 g/mol. The second kappa shape index (κ2) is 9.95. The number of hydrogen-bond acceptors (Lipinski definition) is 14. The molecule has 34 heavy (non-hydrogen) atoms. The van der Waals surface area contributed by atoms with Gasteiger partial charge in [0.15, 0.2) is 10.8 Å². The van der Waals surface area contributed by atoms with Crippen LogP contribution in [0.4, 0.5) is 5.13 Å². The van der Waals surface area contributed by atoms with Crippen LogP contribution in [-0.4, -0.2) is 98.5 Å². The van der Waals surface area contributed by atoms with Crippen molar-refractivity contribution in [1.82, 2.24) is 35.4 Å². The Hall–Kier alpha value is -3.22. The van der Waals surface area contributed by atoms with Gasteiger partial charge in [0, 0.05) is 16.9 Å². The van der Waals surface area contributed by atoms with E-state index >= 15 is 0 Å².